The standard InChI is InChI=1S/C28H30N2O7S/c1-4-5-19-14-21(28(32)30-38(33,34)22-10-6-18(7-11-22)17(2)3)9-12-23(19)37-26(27(29)31)20-8-13-24-25(15-20)36-16-35-24/h6-15,17,26H,4-5,16H2,1-3H3,(H2,29,31)(H,30,32). The fraction of sp³-hybridized carbons (Fsp3) is 0.286. The highest BCUT2D eigenvalue weighted by Crippen LogP contribution is 2.36. The molecule has 1 atom stereocenters. The molecule has 10 heteroatoms. The zero-order chi connectivity index (χ0) is 27.4. The number of carbonyl (C=O) groups is 2. The molecule has 2 amide bonds. The summed E-state index contributed by atoms with van der Waals surface area (Å²) in [4.78, 5) is 25.2. The molecule has 0 bridgehead atoms. The van der Waals surface area contributed by atoms with E-state index in [9.17, 15) is 18.0 Å². The highest BCUT2D eigenvalue weighted by Gasteiger charge is 2.25. The first-order valence-corrected chi connectivity index (χ1v) is 13.7. The highest BCUT2D eigenvalue weighted by atomic mass is 32.2. The van der Waals surface area contributed by atoms with Gasteiger partial charge in [-0.3, -0.25) is 9.59 Å². The average Bonchev–Trinajstić information content (AvgIpc) is 3.35. The number of benzene rings is 3. The summed E-state index contributed by atoms with van der Waals surface area (Å²) in [7, 11) is -4.07. The average molecular weight is 539 g/mol. The number of hydrogen-bond acceptors (Lipinski definition) is 7. The Kier molecular flexibility index (Phi) is 7.91. The van der Waals surface area contributed by atoms with E-state index < -0.39 is 27.9 Å². The van der Waals surface area contributed by atoms with Crippen LogP contribution in [0, 0.1) is 0 Å². The van der Waals surface area contributed by atoms with Gasteiger partial charge >= 0.3 is 0 Å². The van der Waals surface area contributed by atoms with Gasteiger partial charge in [-0.1, -0.05) is 45.4 Å². The van der Waals surface area contributed by atoms with Gasteiger partial charge in [-0.25, -0.2) is 13.1 Å². The zero-order valence-electron chi connectivity index (χ0n) is 21.4. The van der Waals surface area contributed by atoms with E-state index in [0.717, 1.165) is 5.56 Å². The largest absolute Gasteiger partial charge is 0.476 e. The Morgan fingerprint density at radius 1 is 0.974 bits per heavy atom. The molecule has 0 aliphatic carbocycles. The van der Waals surface area contributed by atoms with E-state index in [1.807, 2.05) is 20.8 Å². The molecule has 3 N–H and O–H groups in total. The van der Waals surface area contributed by atoms with Gasteiger partial charge < -0.3 is 19.9 Å². The lowest BCUT2D eigenvalue weighted by Crippen LogP contribution is -2.30. The van der Waals surface area contributed by atoms with Gasteiger partial charge in [0.25, 0.3) is 21.8 Å². The first kappa shape index (κ1) is 27.0. The molecule has 0 fully saturated rings. The maximum atomic E-state index is 12.9. The third kappa shape index (κ3) is 5.91. The van der Waals surface area contributed by atoms with Crippen molar-refractivity contribution in [3.8, 4) is 17.2 Å². The molecular weight excluding hydrogens is 508 g/mol. The topological polar surface area (TPSA) is 134 Å². The molecule has 3 aromatic rings. The minimum atomic E-state index is -4.07. The van der Waals surface area contributed by atoms with E-state index in [0.29, 0.717) is 41.2 Å². The summed E-state index contributed by atoms with van der Waals surface area (Å²) in [5.41, 5.74) is 7.90. The summed E-state index contributed by atoms with van der Waals surface area (Å²) < 4.78 is 44.5. The maximum Gasteiger partial charge on any atom is 0.265 e. The molecule has 0 spiro atoms. The summed E-state index contributed by atoms with van der Waals surface area (Å²) in [6.07, 6.45) is 0.119. The van der Waals surface area contributed by atoms with Crippen molar-refractivity contribution >= 4 is 21.8 Å². The number of rotatable bonds is 10. The second-order valence-corrected chi connectivity index (χ2v) is 10.9. The SMILES string of the molecule is CCCc1cc(C(=O)NS(=O)(=O)c2ccc(C(C)C)cc2)ccc1OC(C(N)=O)c1ccc2c(c1)OCO2. The molecular formula is C28H30N2O7S. The van der Waals surface area contributed by atoms with Crippen LogP contribution < -0.4 is 24.7 Å². The van der Waals surface area contributed by atoms with Gasteiger partial charge in [-0.05, 0) is 65.9 Å². The Labute approximate surface area is 222 Å². The van der Waals surface area contributed by atoms with Crippen LogP contribution in [-0.4, -0.2) is 27.0 Å². The number of primary amides is 1. The summed E-state index contributed by atoms with van der Waals surface area (Å²) in [6, 6.07) is 15.9. The van der Waals surface area contributed by atoms with Crippen LogP contribution in [0.4, 0.5) is 0 Å². The first-order valence-electron chi connectivity index (χ1n) is 12.2. The Morgan fingerprint density at radius 2 is 1.66 bits per heavy atom. The lowest BCUT2D eigenvalue weighted by molar-refractivity contribution is -0.125. The van der Waals surface area contributed by atoms with E-state index in [4.69, 9.17) is 19.9 Å². The number of nitrogens with one attached hydrogen (secondary N) is 1. The van der Waals surface area contributed by atoms with Crippen molar-refractivity contribution in [2.45, 2.75) is 50.5 Å². The Hall–Kier alpha value is -4.05. The lowest BCUT2D eigenvalue weighted by atomic mass is 10.0. The Morgan fingerprint density at radius 3 is 2.32 bits per heavy atom. The molecule has 1 heterocycles. The van der Waals surface area contributed by atoms with Gasteiger partial charge in [-0.15, -0.1) is 0 Å². The Balaban J connectivity index is 1.56. The number of amides is 2. The van der Waals surface area contributed by atoms with Crippen molar-refractivity contribution in [3.63, 3.8) is 0 Å². The lowest BCUT2D eigenvalue weighted by Gasteiger charge is -2.20. The van der Waals surface area contributed by atoms with Crippen molar-refractivity contribution in [2.75, 3.05) is 6.79 Å². The van der Waals surface area contributed by atoms with Gasteiger partial charge in [0, 0.05) is 11.1 Å². The molecule has 1 aliphatic rings. The molecule has 38 heavy (non-hydrogen) atoms. The monoisotopic (exact) mass is 538 g/mol. The van der Waals surface area contributed by atoms with Crippen molar-refractivity contribution in [3.05, 3.63) is 82.9 Å². The predicted octanol–water partition coefficient (Wildman–Crippen LogP) is 4.22. The third-order valence-corrected chi connectivity index (χ3v) is 7.48. The third-order valence-electron chi connectivity index (χ3n) is 6.13. The normalized spacial score (nSPS) is 13.3. The number of carbonyl (C=O) groups excluding carboxylic acids is 2. The van der Waals surface area contributed by atoms with Crippen molar-refractivity contribution < 1.29 is 32.2 Å². The molecule has 0 saturated carbocycles. The molecule has 1 unspecified atom stereocenters. The van der Waals surface area contributed by atoms with E-state index in [-0.39, 0.29) is 23.2 Å². The van der Waals surface area contributed by atoms with Crippen molar-refractivity contribution in [2.24, 2.45) is 5.73 Å². The summed E-state index contributed by atoms with van der Waals surface area (Å²) in [5, 5.41) is 0. The van der Waals surface area contributed by atoms with Crippen LogP contribution in [0.15, 0.2) is 65.6 Å². The summed E-state index contributed by atoms with van der Waals surface area (Å²) in [6.45, 7) is 6.05. The van der Waals surface area contributed by atoms with E-state index in [2.05, 4.69) is 4.72 Å². The second kappa shape index (κ2) is 11.1. The molecule has 3 aromatic carbocycles. The minimum absolute atomic E-state index is 0.00277. The summed E-state index contributed by atoms with van der Waals surface area (Å²) >= 11 is 0. The number of sulfonamides is 1. The van der Waals surface area contributed by atoms with Gasteiger partial charge in [-0.2, -0.15) is 0 Å². The fourth-order valence-corrected chi connectivity index (χ4v) is 5.04. The molecule has 9 nitrogen and oxygen atoms in total. The molecule has 0 saturated heterocycles. The van der Waals surface area contributed by atoms with Crippen LogP contribution in [0.25, 0.3) is 0 Å². The predicted molar refractivity (Wildman–Crippen MR) is 141 cm³/mol. The van der Waals surface area contributed by atoms with E-state index in [1.165, 1.54) is 24.3 Å². The molecule has 4 rings (SSSR count). The number of nitrogens with two attached hydrogens (primary N) is 1. The smallest absolute Gasteiger partial charge is 0.265 e. The van der Waals surface area contributed by atoms with Crippen LogP contribution in [-0.2, 0) is 21.2 Å². The fourth-order valence-electron chi connectivity index (χ4n) is 4.07. The number of fused-ring (bicyclic) bond motifs is 1. The molecule has 0 aromatic heterocycles. The van der Waals surface area contributed by atoms with E-state index in [1.54, 1.807) is 36.4 Å². The van der Waals surface area contributed by atoms with E-state index >= 15 is 0 Å². The number of ether oxygens (including phenoxy) is 3. The van der Waals surface area contributed by atoms with Gasteiger partial charge in [0.05, 0.1) is 4.90 Å². The van der Waals surface area contributed by atoms with Gasteiger partial charge in [0.15, 0.2) is 11.5 Å². The van der Waals surface area contributed by atoms with Gasteiger partial charge in [0.2, 0.25) is 12.9 Å². The van der Waals surface area contributed by atoms with Crippen LogP contribution in [0.2, 0.25) is 0 Å². The zero-order valence-corrected chi connectivity index (χ0v) is 22.2. The summed E-state index contributed by atoms with van der Waals surface area (Å²) in [5.74, 6) is 0.171. The van der Waals surface area contributed by atoms with Crippen molar-refractivity contribution in [1.29, 1.82) is 0 Å². The Bertz CT molecular complexity index is 1450. The number of aryl methyl sites for hydroxylation is 1. The van der Waals surface area contributed by atoms with Crippen LogP contribution in [0.5, 0.6) is 17.2 Å². The quantitative estimate of drug-likeness (QED) is 0.395. The minimum Gasteiger partial charge on any atom is -0.476 e. The number of hydrogen-bond donors (Lipinski definition) is 2. The van der Waals surface area contributed by atoms with Crippen LogP contribution >= 0.6 is 0 Å². The maximum absolute atomic E-state index is 12.9. The molecule has 200 valence electrons. The van der Waals surface area contributed by atoms with Crippen LogP contribution in [0.3, 0.4) is 0 Å². The molecule has 1 aliphatic heterocycles. The van der Waals surface area contributed by atoms with Gasteiger partial charge in [0.1, 0.15) is 5.75 Å². The first-order chi connectivity index (χ1) is 18.1. The second-order valence-electron chi connectivity index (χ2n) is 9.24. The van der Waals surface area contributed by atoms with Crippen molar-refractivity contribution in [1.82, 2.24) is 4.72 Å². The van der Waals surface area contributed by atoms with Crippen LogP contribution in [0.1, 0.15) is 66.3 Å². The molecule has 0 radical (unpaired) electrons. The highest BCUT2D eigenvalue weighted by molar-refractivity contribution is 7.90.